The van der Waals surface area contributed by atoms with Crippen LogP contribution >= 0.6 is 11.6 Å². The fraction of sp³-hybridized carbons (Fsp3) is 0.125. The highest BCUT2D eigenvalue weighted by atomic mass is 35.5. The number of rotatable bonds is 5. The Morgan fingerprint density at radius 1 is 1.32 bits per heavy atom. The SMILES string of the molecule is Cc1ccc(Cl)c(OC(C(=O)[C]2[CH][CH][CH][CH]2)n2cncn2)c1. The van der Waals surface area contributed by atoms with Gasteiger partial charge >= 0.3 is 0 Å². The maximum absolute atomic E-state index is 12.6. The van der Waals surface area contributed by atoms with Gasteiger partial charge in [-0.05, 0) is 50.3 Å². The van der Waals surface area contributed by atoms with Gasteiger partial charge in [-0.25, -0.2) is 9.67 Å². The Morgan fingerprint density at radius 2 is 2.09 bits per heavy atom. The van der Waals surface area contributed by atoms with E-state index >= 15 is 0 Å². The average molecular weight is 315 g/mol. The molecule has 6 heteroatoms. The van der Waals surface area contributed by atoms with Crippen LogP contribution in [0.15, 0.2) is 30.9 Å². The molecule has 1 atom stereocenters. The third kappa shape index (κ3) is 3.14. The molecule has 0 spiro atoms. The number of ketones is 1. The van der Waals surface area contributed by atoms with Crippen molar-refractivity contribution in [1.29, 1.82) is 0 Å². The molecule has 111 valence electrons. The van der Waals surface area contributed by atoms with Crippen LogP contribution in [0.2, 0.25) is 5.02 Å². The minimum atomic E-state index is -0.954. The molecule has 22 heavy (non-hydrogen) atoms. The lowest BCUT2D eigenvalue weighted by atomic mass is 10.0. The number of aromatic nitrogens is 3. The van der Waals surface area contributed by atoms with Crippen molar-refractivity contribution in [3.63, 3.8) is 0 Å². The molecule has 1 unspecified atom stereocenters. The van der Waals surface area contributed by atoms with Crippen molar-refractivity contribution in [3.8, 4) is 5.75 Å². The molecule has 2 aromatic rings. The van der Waals surface area contributed by atoms with Gasteiger partial charge in [-0.3, -0.25) is 4.79 Å². The van der Waals surface area contributed by atoms with Crippen LogP contribution in [0.25, 0.3) is 0 Å². The summed E-state index contributed by atoms with van der Waals surface area (Å²) in [6.07, 6.45) is 8.89. The van der Waals surface area contributed by atoms with Crippen LogP contribution in [-0.2, 0) is 4.79 Å². The normalized spacial score (nSPS) is 16.6. The van der Waals surface area contributed by atoms with E-state index in [2.05, 4.69) is 10.1 Å². The fourth-order valence-electron chi connectivity index (χ4n) is 2.07. The van der Waals surface area contributed by atoms with Gasteiger partial charge in [0.1, 0.15) is 18.4 Å². The molecule has 0 aliphatic heterocycles. The fourth-order valence-corrected chi connectivity index (χ4v) is 2.23. The van der Waals surface area contributed by atoms with Crippen molar-refractivity contribution in [2.75, 3.05) is 0 Å². The molecule has 1 heterocycles. The van der Waals surface area contributed by atoms with E-state index in [4.69, 9.17) is 16.3 Å². The molecular formula is C16H13ClN3O2. The highest BCUT2D eigenvalue weighted by Crippen LogP contribution is 2.32. The number of hydrogen-bond donors (Lipinski definition) is 0. The van der Waals surface area contributed by atoms with Crippen LogP contribution in [0.4, 0.5) is 0 Å². The third-order valence-electron chi connectivity index (χ3n) is 3.17. The van der Waals surface area contributed by atoms with E-state index in [0.717, 1.165) is 5.56 Å². The van der Waals surface area contributed by atoms with E-state index in [-0.39, 0.29) is 5.78 Å². The van der Waals surface area contributed by atoms with Gasteiger partial charge in [-0.1, -0.05) is 17.7 Å². The molecule has 0 saturated heterocycles. The van der Waals surface area contributed by atoms with E-state index in [1.165, 1.54) is 17.3 Å². The Hall–Kier alpha value is -1.88. The number of halogens is 1. The number of carbonyl (C=O) groups excluding carboxylic acids is 1. The van der Waals surface area contributed by atoms with Gasteiger partial charge in [0.15, 0.2) is 0 Å². The maximum Gasteiger partial charge on any atom is 0.252 e. The zero-order valence-corrected chi connectivity index (χ0v) is 12.6. The van der Waals surface area contributed by atoms with Gasteiger partial charge in [0, 0.05) is 0 Å². The van der Waals surface area contributed by atoms with Crippen LogP contribution in [0, 0.1) is 38.5 Å². The summed E-state index contributed by atoms with van der Waals surface area (Å²) in [6.45, 7) is 1.92. The molecule has 5 nitrogen and oxygen atoms in total. The highest BCUT2D eigenvalue weighted by Gasteiger charge is 2.34. The Balaban J connectivity index is 1.88. The average Bonchev–Trinajstić information content (AvgIpc) is 3.20. The number of ether oxygens (including phenoxy) is 1. The Kier molecular flexibility index (Phi) is 4.43. The number of benzene rings is 1. The molecule has 1 fully saturated rings. The Bertz CT molecular complexity index is 651. The lowest BCUT2D eigenvalue weighted by Crippen LogP contribution is -2.29. The number of aryl methyl sites for hydroxylation is 1. The van der Waals surface area contributed by atoms with Crippen LogP contribution in [-0.4, -0.2) is 20.5 Å². The second-order valence-corrected chi connectivity index (χ2v) is 5.22. The third-order valence-corrected chi connectivity index (χ3v) is 3.49. The molecule has 3 rings (SSSR count). The van der Waals surface area contributed by atoms with Crippen LogP contribution in [0.3, 0.4) is 0 Å². The van der Waals surface area contributed by atoms with E-state index in [9.17, 15) is 4.79 Å². The van der Waals surface area contributed by atoms with Gasteiger partial charge in [0.25, 0.3) is 6.23 Å². The second kappa shape index (κ2) is 6.48. The van der Waals surface area contributed by atoms with Crippen molar-refractivity contribution in [3.05, 3.63) is 73.0 Å². The van der Waals surface area contributed by atoms with Crippen molar-refractivity contribution >= 4 is 17.4 Å². The molecule has 1 saturated carbocycles. The van der Waals surface area contributed by atoms with E-state index < -0.39 is 6.23 Å². The molecule has 0 amide bonds. The lowest BCUT2D eigenvalue weighted by molar-refractivity contribution is -0.127. The minimum Gasteiger partial charge on any atom is -0.460 e. The quantitative estimate of drug-likeness (QED) is 0.851. The Morgan fingerprint density at radius 3 is 2.77 bits per heavy atom. The van der Waals surface area contributed by atoms with Crippen molar-refractivity contribution < 1.29 is 9.53 Å². The predicted octanol–water partition coefficient (Wildman–Crippen LogP) is 2.79. The first kappa shape index (κ1) is 15.0. The second-order valence-electron chi connectivity index (χ2n) is 4.82. The first-order valence-corrected chi connectivity index (χ1v) is 7.06. The summed E-state index contributed by atoms with van der Waals surface area (Å²) in [5.74, 6) is 0.763. The van der Waals surface area contributed by atoms with Gasteiger partial charge in [0.05, 0.1) is 10.9 Å². The molecular weight excluding hydrogens is 302 g/mol. The van der Waals surface area contributed by atoms with Crippen LogP contribution in [0.5, 0.6) is 5.75 Å². The minimum absolute atomic E-state index is 0.215. The summed E-state index contributed by atoms with van der Waals surface area (Å²) in [4.78, 5) is 16.5. The summed E-state index contributed by atoms with van der Waals surface area (Å²) in [7, 11) is 0. The monoisotopic (exact) mass is 314 g/mol. The summed E-state index contributed by atoms with van der Waals surface area (Å²) >= 11 is 6.15. The summed E-state index contributed by atoms with van der Waals surface area (Å²) < 4.78 is 7.20. The van der Waals surface area contributed by atoms with Gasteiger partial charge < -0.3 is 4.74 Å². The van der Waals surface area contributed by atoms with Crippen LogP contribution in [0.1, 0.15) is 11.8 Å². The number of hydrogen-bond acceptors (Lipinski definition) is 4. The molecule has 1 aliphatic rings. The van der Waals surface area contributed by atoms with E-state index in [1.54, 1.807) is 37.8 Å². The summed E-state index contributed by atoms with van der Waals surface area (Å²) in [5.41, 5.74) is 0.984. The first-order valence-electron chi connectivity index (χ1n) is 6.68. The summed E-state index contributed by atoms with van der Waals surface area (Å²) in [6, 6.07) is 5.39. The van der Waals surface area contributed by atoms with Crippen LogP contribution < -0.4 is 4.74 Å². The molecule has 1 aromatic heterocycles. The van der Waals surface area contributed by atoms with Gasteiger partial charge in [-0.15, -0.1) is 0 Å². The zero-order chi connectivity index (χ0) is 15.5. The van der Waals surface area contributed by atoms with E-state index in [1.807, 2.05) is 13.0 Å². The van der Waals surface area contributed by atoms with Crippen molar-refractivity contribution in [2.45, 2.75) is 13.2 Å². The molecule has 0 N–H and O–H groups in total. The number of nitrogens with zero attached hydrogens (tertiary/aromatic N) is 3. The van der Waals surface area contributed by atoms with Gasteiger partial charge in [0.2, 0.25) is 5.78 Å². The van der Waals surface area contributed by atoms with E-state index in [0.29, 0.717) is 16.7 Å². The number of carbonyl (C=O) groups is 1. The highest BCUT2D eigenvalue weighted by molar-refractivity contribution is 6.32. The van der Waals surface area contributed by atoms with Crippen molar-refractivity contribution in [1.82, 2.24) is 14.8 Å². The summed E-state index contributed by atoms with van der Waals surface area (Å²) in [5, 5.41) is 4.45. The maximum atomic E-state index is 12.6. The standard InChI is InChI=1S/C16H13ClN3O2/c1-11-6-7-13(17)14(8-11)22-16(20-10-18-9-19-20)15(21)12-4-2-3-5-12/h2-10,16H,1H3. The molecule has 5 radical (unpaired) electrons. The molecule has 0 bridgehead atoms. The zero-order valence-electron chi connectivity index (χ0n) is 11.8. The Labute approximate surface area is 134 Å². The first-order chi connectivity index (χ1) is 10.6. The largest absolute Gasteiger partial charge is 0.460 e. The molecule has 1 aromatic carbocycles. The predicted molar refractivity (Wildman–Crippen MR) is 81.3 cm³/mol. The van der Waals surface area contributed by atoms with Gasteiger partial charge in [-0.2, -0.15) is 5.10 Å². The lowest BCUT2D eigenvalue weighted by Gasteiger charge is -2.21. The topological polar surface area (TPSA) is 57.0 Å². The molecule has 1 aliphatic carbocycles. The smallest absolute Gasteiger partial charge is 0.252 e. The number of Topliss-reactive ketones (excluding diaryl/α,β-unsaturated/α-hetero) is 1. The van der Waals surface area contributed by atoms with Crippen molar-refractivity contribution in [2.24, 2.45) is 0 Å².